The fourth-order valence-corrected chi connectivity index (χ4v) is 3.37. The maximum Gasteiger partial charge on any atom is 0.494 e. The number of nitrogens with zero attached hydrogens (tertiary/aromatic N) is 1. The molecule has 1 fully saturated rings. The third-order valence-electron chi connectivity index (χ3n) is 5.79. The summed E-state index contributed by atoms with van der Waals surface area (Å²) in [7, 11) is -0.315. The summed E-state index contributed by atoms with van der Waals surface area (Å²) in [5, 5.41) is 1.21. The number of hydrogen-bond acceptors (Lipinski definition) is 2. The monoisotopic (exact) mass is 347 g/mol. The highest BCUT2D eigenvalue weighted by Crippen LogP contribution is 2.36. The summed E-state index contributed by atoms with van der Waals surface area (Å²) in [6.07, 6.45) is 2.15. The molecule has 2 heterocycles. The maximum atomic E-state index is 6.18. The molecule has 4 rings (SSSR count). The van der Waals surface area contributed by atoms with E-state index < -0.39 is 0 Å². The van der Waals surface area contributed by atoms with Crippen molar-refractivity contribution < 1.29 is 9.31 Å². The number of benzene rings is 2. The van der Waals surface area contributed by atoms with Crippen LogP contribution in [-0.4, -0.2) is 22.9 Å². The molecule has 26 heavy (non-hydrogen) atoms. The van der Waals surface area contributed by atoms with Crippen LogP contribution in [0.3, 0.4) is 0 Å². The fraction of sp³-hybridized carbons (Fsp3) is 0.364. The number of aryl methyl sites for hydroxylation is 1. The van der Waals surface area contributed by atoms with Gasteiger partial charge in [0.15, 0.2) is 0 Å². The standard InChI is InChI=1S/C22H26BNO2/c1-16-6-8-17(9-7-16)15-24-13-12-18-14-19(10-11-20(18)24)23-25-21(2,3)22(4,5)26-23/h6-14H,15H2,1-5H3. The van der Waals surface area contributed by atoms with Gasteiger partial charge in [0.05, 0.1) is 11.2 Å². The molecule has 0 aliphatic carbocycles. The van der Waals surface area contributed by atoms with Crippen LogP contribution in [0.25, 0.3) is 10.9 Å². The number of fused-ring (bicyclic) bond motifs is 1. The molecular formula is C22H26BNO2. The quantitative estimate of drug-likeness (QED) is 0.660. The topological polar surface area (TPSA) is 23.4 Å². The Morgan fingerprint density at radius 1 is 0.885 bits per heavy atom. The second-order valence-corrected chi connectivity index (χ2v) is 8.34. The van der Waals surface area contributed by atoms with E-state index in [2.05, 4.69) is 93.9 Å². The molecule has 1 aliphatic rings. The van der Waals surface area contributed by atoms with E-state index in [-0.39, 0.29) is 18.3 Å². The predicted molar refractivity (Wildman–Crippen MR) is 108 cm³/mol. The molecule has 0 atom stereocenters. The molecule has 2 aromatic carbocycles. The molecule has 1 aromatic heterocycles. The lowest BCUT2D eigenvalue weighted by molar-refractivity contribution is 0.00578. The summed E-state index contributed by atoms with van der Waals surface area (Å²) in [6, 6.07) is 17.4. The molecule has 0 bridgehead atoms. The predicted octanol–water partition coefficient (Wildman–Crippen LogP) is 4.30. The Kier molecular flexibility index (Phi) is 4.01. The molecule has 1 saturated heterocycles. The van der Waals surface area contributed by atoms with E-state index in [1.165, 1.54) is 22.0 Å². The van der Waals surface area contributed by atoms with Crippen LogP contribution >= 0.6 is 0 Å². The van der Waals surface area contributed by atoms with Crippen LogP contribution in [0, 0.1) is 6.92 Å². The fourth-order valence-electron chi connectivity index (χ4n) is 3.37. The van der Waals surface area contributed by atoms with Gasteiger partial charge in [-0.1, -0.05) is 42.0 Å². The Labute approximate surface area is 156 Å². The SMILES string of the molecule is Cc1ccc(Cn2ccc3cc(B4OC(C)(C)C(C)(C)O4)ccc32)cc1. The third kappa shape index (κ3) is 2.98. The Balaban J connectivity index is 1.61. The van der Waals surface area contributed by atoms with Crippen molar-refractivity contribution in [3.63, 3.8) is 0 Å². The van der Waals surface area contributed by atoms with Gasteiger partial charge in [-0.15, -0.1) is 0 Å². The molecular weight excluding hydrogens is 321 g/mol. The molecule has 0 radical (unpaired) electrons. The molecule has 0 spiro atoms. The third-order valence-corrected chi connectivity index (χ3v) is 5.79. The largest absolute Gasteiger partial charge is 0.494 e. The van der Waals surface area contributed by atoms with Gasteiger partial charge in [-0.25, -0.2) is 0 Å². The highest BCUT2D eigenvalue weighted by molar-refractivity contribution is 6.62. The minimum absolute atomic E-state index is 0.315. The van der Waals surface area contributed by atoms with Gasteiger partial charge in [-0.05, 0) is 63.2 Å². The van der Waals surface area contributed by atoms with Crippen LogP contribution in [-0.2, 0) is 15.9 Å². The Bertz CT molecular complexity index is 924. The summed E-state index contributed by atoms with van der Waals surface area (Å²) in [6.45, 7) is 11.3. The van der Waals surface area contributed by atoms with E-state index in [0.717, 1.165) is 12.0 Å². The zero-order chi connectivity index (χ0) is 18.5. The summed E-state index contributed by atoms with van der Waals surface area (Å²) in [5.74, 6) is 0. The van der Waals surface area contributed by atoms with Crippen molar-refractivity contribution in [3.8, 4) is 0 Å². The van der Waals surface area contributed by atoms with Gasteiger partial charge < -0.3 is 13.9 Å². The summed E-state index contributed by atoms with van der Waals surface area (Å²) >= 11 is 0. The summed E-state index contributed by atoms with van der Waals surface area (Å²) in [4.78, 5) is 0. The lowest BCUT2D eigenvalue weighted by atomic mass is 9.78. The van der Waals surface area contributed by atoms with Crippen molar-refractivity contribution in [1.82, 2.24) is 4.57 Å². The van der Waals surface area contributed by atoms with Crippen LogP contribution in [0.4, 0.5) is 0 Å². The number of rotatable bonds is 3. The normalized spacial score (nSPS) is 18.6. The van der Waals surface area contributed by atoms with Gasteiger partial charge in [-0.3, -0.25) is 0 Å². The lowest BCUT2D eigenvalue weighted by Crippen LogP contribution is -2.41. The Morgan fingerprint density at radius 2 is 1.54 bits per heavy atom. The molecule has 0 amide bonds. The first kappa shape index (κ1) is 17.4. The van der Waals surface area contributed by atoms with Crippen molar-refractivity contribution in [2.45, 2.75) is 52.4 Å². The molecule has 4 heteroatoms. The van der Waals surface area contributed by atoms with Crippen LogP contribution in [0.2, 0.25) is 0 Å². The van der Waals surface area contributed by atoms with Crippen molar-refractivity contribution in [2.75, 3.05) is 0 Å². The van der Waals surface area contributed by atoms with E-state index in [4.69, 9.17) is 9.31 Å². The lowest BCUT2D eigenvalue weighted by Gasteiger charge is -2.32. The van der Waals surface area contributed by atoms with Gasteiger partial charge in [-0.2, -0.15) is 0 Å². The van der Waals surface area contributed by atoms with Crippen LogP contribution in [0.15, 0.2) is 54.7 Å². The van der Waals surface area contributed by atoms with Crippen LogP contribution < -0.4 is 5.46 Å². The van der Waals surface area contributed by atoms with E-state index in [1.54, 1.807) is 0 Å². The first-order valence-corrected chi connectivity index (χ1v) is 9.25. The molecule has 3 nitrogen and oxygen atoms in total. The highest BCUT2D eigenvalue weighted by Gasteiger charge is 2.51. The minimum Gasteiger partial charge on any atom is -0.399 e. The zero-order valence-electron chi connectivity index (χ0n) is 16.2. The van der Waals surface area contributed by atoms with Gasteiger partial charge in [0.25, 0.3) is 0 Å². The first-order chi connectivity index (χ1) is 12.2. The zero-order valence-corrected chi connectivity index (χ0v) is 16.2. The molecule has 1 aliphatic heterocycles. The van der Waals surface area contributed by atoms with Crippen LogP contribution in [0.1, 0.15) is 38.8 Å². The van der Waals surface area contributed by atoms with Crippen molar-refractivity contribution in [1.29, 1.82) is 0 Å². The smallest absolute Gasteiger partial charge is 0.399 e. The van der Waals surface area contributed by atoms with Crippen molar-refractivity contribution in [2.24, 2.45) is 0 Å². The first-order valence-electron chi connectivity index (χ1n) is 9.25. The van der Waals surface area contributed by atoms with Crippen molar-refractivity contribution in [3.05, 3.63) is 65.9 Å². The summed E-state index contributed by atoms with van der Waals surface area (Å²) < 4.78 is 14.7. The van der Waals surface area contributed by atoms with E-state index in [9.17, 15) is 0 Å². The average molecular weight is 347 g/mol. The second-order valence-electron chi connectivity index (χ2n) is 8.34. The molecule has 3 aromatic rings. The molecule has 134 valence electrons. The number of aromatic nitrogens is 1. The molecule has 0 N–H and O–H groups in total. The Hall–Kier alpha value is -2.04. The Morgan fingerprint density at radius 3 is 2.19 bits per heavy atom. The minimum atomic E-state index is -0.315. The van der Waals surface area contributed by atoms with Crippen molar-refractivity contribution >= 4 is 23.5 Å². The highest BCUT2D eigenvalue weighted by atomic mass is 16.7. The second kappa shape index (κ2) is 6.00. The van der Waals surface area contributed by atoms with E-state index >= 15 is 0 Å². The molecule has 0 unspecified atom stereocenters. The van der Waals surface area contributed by atoms with Gasteiger partial charge >= 0.3 is 7.12 Å². The summed E-state index contributed by atoms with van der Waals surface area (Å²) in [5.41, 5.74) is 4.27. The maximum absolute atomic E-state index is 6.18. The van der Waals surface area contributed by atoms with Gasteiger partial charge in [0.1, 0.15) is 0 Å². The number of hydrogen-bond donors (Lipinski definition) is 0. The molecule has 0 saturated carbocycles. The van der Waals surface area contributed by atoms with Gasteiger partial charge in [0, 0.05) is 18.3 Å². The average Bonchev–Trinajstić information content (AvgIpc) is 3.07. The van der Waals surface area contributed by atoms with Gasteiger partial charge in [0.2, 0.25) is 0 Å². The van der Waals surface area contributed by atoms with E-state index in [0.29, 0.717) is 0 Å². The van der Waals surface area contributed by atoms with Crippen LogP contribution in [0.5, 0.6) is 0 Å². The van der Waals surface area contributed by atoms with E-state index in [1.807, 2.05) is 0 Å².